The van der Waals surface area contributed by atoms with E-state index in [1.54, 1.807) is 16.7 Å². The van der Waals surface area contributed by atoms with Gasteiger partial charge in [0.2, 0.25) is 5.82 Å². The van der Waals surface area contributed by atoms with Crippen molar-refractivity contribution in [2.24, 2.45) is 0 Å². The van der Waals surface area contributed by atoms with Crippen LogP contribution in [0.2, 0.25) is 0 Å². The van der Waals surface area contributed by atoms with E-state index in [0.29, 0.717) is 22.0 Å². The Hall–Kier alpha value is -3.68. The molecule has 0 fully saturated rings. The van der Waals surface area contributed by atoms with Gasteiger partial charge in [0.15, 0.2) is 10.6 Å². The maximum absolute atomic E-state index is 12.8. The van der Waals surface area contributed by atoms with Crippen molar-refractivity contribution in [3.63, 3.8) is 0 Å². The lowest BCUT2D eigenvalue weighted by molar-refractivity contribution is 0.404. The van der Waals surface area contributed by atoms with Crippen LogP contribution in [0.1, 0.15) is 0 Å². The number of hydrogen-bond donors (Lipinski definition) is 2. The lowest BCUT2D eigenvalue weighted by Crippen LogP contribution is -2.14. The second kappa shape index (κ2) is 8.35. The average molecular weight is 498 g/mol. The Morgan fingerprint density at radius 1 is 1.06 bits per heavy atom. The zero-order valence-corrected chi connectivity index (χ0v) is 19.4. The lowest BCUT2D eigenvalue weighted by Gasteiger charge is -2.10. The largest absolute Gasteiger partial charge is 0.478 e. The van der Waals surface area contributed by atoms with E-state index in [-0.39, 0.29) is 16.6 Å². The Bertz CT molecular complexity index is 1620. The minimum Gasteiger partial charge on any atom is -0.478 e. The van der Waals surface area contributed by atoms with E-state index in [2.05, 4.69) is 28.7 Å². The summed E-state index contributed by atoms with van der Waals surface area (Å²) in [6.45, 7) is 0. The van der Waals surface area contributed by atoms with Crippen molar-refractivity contribution in [3.05, 3.63) is 65.4 Å². The second-order valence-electron chi connectivity index (χ2n) is 6.80. The molecule has 0 aliphatic carbocycles. The van der Waals surface area contributed by atoms with Gasteiger partial charge in [-0.15, -0.1) is 4.37 Å². The number of para-hydroxylation sites is 1. The molecule has 3 heterocycles. The molecule has 0 radical (unpaired) electrons. The number of hydrogen-bond acceptors (Lipinski definition) is 9. The summed E-state index contributed by atoms with van der Waals surface area (Å²) in [5.41, 5.74) is 2.09. The fourth-order valence-electron chi connectivity index (χ4n) is 3.24. The Kier molecular flexibility index (Phi) is 5.36. The van der Waals surface area contributed by atoms with Crippen LogP contribution in [0.15, 0.2) is 65.6 Å². The summed E-state index contributed by atoms with van der Waals surface area (Å²) in [7, 11) is -2.51. The first-order chi connectivity index (χ1) is 16.0. The summed E-state index contributed by atoms with van der Waals surface area (Å²) in [5, 5.41) is 8.13. The predicted molar refractivity (Wildman–Crippen MR) is 127 cm³/mol. The lowest BCUT2D eigenvalue weighted by atomic mass is 10.2. The Balaban J connectivity index is 1.50. The van der Waals surface area contributed by atoms with Crippen LogP contribution in [0.5, 0.6) is 5.88 Å². The summed E-state index contributed by atoms with van der Waals surface area (Å²) in [6, 6.07) is 17.8. The second-order valence-corrected chi connectivity index (χ2v) is 9.40. The fraction of sp³-hybridized carbons (Fsp3) is 0.0500. The van der Waals surface area contributed by atoms with E-state index >= 15 is 0 Å². The van der Waals surface area contributed by atoms with E-state index in [9.17, 15) is 8.42 Å². The van der Waals surface area contributed by atoms with Gasteiger partial charge in [0.05, 0.1) is 34.9 Å². The molecule has 166 valence electrons. The first-order valence-electron chi connectivity index (χ1n) is 9.50. The predicted octanol–water partition coefficient (Wildman–Crippen LogP) is 3.81. The third-order valence-corrected chi connectivity index (χ3v) is 6.93. The van der Waals surface area contributed by atoms with Gasteiger partial charge in [-0.05, 0) is 48.6 Å². The number of ether oxygens (including phenoxy) is 1. The number of methoxy groups -OCH3 is 1. The number of benzene rings is 2. The highest BCUT2D eigenvalue weighted by atomic mass is 32.2. The molecule has 2 N–H and O–H groups in total. The molecule has 0 saturated heterocycles. The van der Waals surface area contributed by atoms with Gasteiger partial charge in [-0.3, -0.25) is 14.4 Å². The van der Waals surface area contributed by atoms with Crippen molar-refractivity contribution in [3.8, 4) is 23.1 Å². The quantitative estimate of drug-likeness (QED) is 0.339. The normalized spacial score (nSPS) is 11.5. The van der Waals surface area contributed by atoms with E-state index in [1.807, 2.05) is 36.4 Å². The van der Waals surface area contributed by atoms with Crippen molar-refractivity contribution in [2.45, 2.75) is 4.90 Å². The molecule has 5 aromatic rings. The van der Waals surface area contributed by atoms with E-state index in [0.717, 1.165) is 22.6 Å². The number of anilines is 1. The molecular formula is C20H15N7O3S3. The van der Waals surface area contributed by atoms with Crippen LogP contribution in [-0.2, 0) is 10.0 Å². The van der Waals surface area contributed by atoms with Crippen LogP contribution in [-0.4, -0.2) is 44.0 Å². The average Bonchev–Trinajstić information content (AvgIpc) is 3.44. The van der Waals surface area contributed by atoms with Crippen molar-refractivity contribution in [1.29, 1.82) is 0 Å². The summed E-state index contributed by atoms with van der Waals surface area (Å²) in [5.74, 6) is 0.656. The van der Waals surface area contributed by atoms with E-state index in [1.165, 1.54) is 19.2 Å². The molecule has 0 saturated carbocycles. The monoisotopic (exact) mass is 497 g/mol. The van der Waals surface area contributed by atoms with Crippen molar-refractivity contribution < 1.29 is 13.2 Å². The number of sulfonamides is 1. The summed E-state index contributed by atoms with van der Waals surface area (Å²) >= 11 is 6.27. The van der Waals surface area contributed by atoms with Crippen LogP contribution >= 0.6 is 23.9 Å². The first kappa shape index (κ1) is 21.2. The molecule has 13 heteroatoms. The summed E-state index contributed by atoms with van der Waals surface area (Å²) in [6.07, 6.45) is 0. The maximum Gasteiger partial charge on any atom is 0.271 e. The molecule has 5 rings (SSSR count). The number of aromatic nitrogens is 6. The van der Waals surface area contributed by atoms with Gasteiger partial charge < -0.3 is 4.74 Å². The molecule has 10 nitrogen and oxygen atoms in total. The Morgan fingerprint density at radius 3 is 2.64 bits per heavy atom. The SMILES string of the molecule is COc1nsnc1NS(=O)(=O)c1ccc(-n2c(-c3ccc4ccccc4n3)n[nH]c2=S)cc1. The smallest absolute Gasteiger partial charge is 0.271 e. The molecule has 0 aliphatic heterocycles. The highest BCUT2D eigenvalue weighted by Crippen LogP contribution is 2.26. The number of aromatic amines is 1. The van der Waals surface area contributed by atoms with Gasteiger partial charge in [0.1, 0.15) is 5.69 Å². The highest BCUT2D eigenvalue weighted by Gasteiger charge is 2.20. The number of H-pyrrole nitrogens is 1. The van der Waals surface area contributed by atoms with E-state index in [4.69, 9.17) is 17.0 Å². The third kappa shape index (κ3) is 3.97. The topological polar surface area (TPSA) is 128 Å². The molecule has 3 aromatic heterocycles. The third-order valence-electron chi connectivity index (χ3n) is 4.79. The first-order valence-corrected chi connectivity index (χ1v) is 12.1. The molecular weight excluding hydrogens is 482 g/mol. The Labute approximate surface area is 197 Å². The van der Waals surface area contributed by atoms with Crippen LogP contribution in [0.4, 0.5) is 5.82 Å². The van der Waals surface area contributed by atoms with Crippen LogP contribution in [0.25, 0.3) is 28.1 Å². The number of rotatable bonds is 6. The minimum atomic E-state index is -3.90. The zero-order valence-electron chi connectivity index (χ0n) is 17.0. The van der Waals surface area contributed by atoms with Gasteiger partial charge >= 0.3 is 0 Å². The van der Waals surface area contributed by atoms with Gasteiger partial charge in [-0.2, -0.15) is 9.47 Å². The Morgan fingerprint density at radius 2 is 1.85 bits per heavy atom. The molecule has 0 aliphatic rings. The number of nitrogens with one attached hydrogen (secondary N) is 2. The molecule has 0 amide bonds. The van der Waals surface area contributed by atoms with Crippen molar-refractivity contribution in [1.82, 2.24) is 28.5 Å². The molecule has 33 heavy (non-hydrogen) atoms. The van der Waals surface area contributed by atoms with Crippen LogP contribution in [0, 0.1) is 4.77 Å². The zero-order chi connectivity index (χ0) is 23.0. The molecule has 0 unspecified atom stereocenters. The van der Waals surface area contributed by atoms with Gasteiger partial charge in [-0.1, -0.05) is 24.3 Å². The van der Waals surface area contributed by atoms with Crippen molar-refractivity contribution >= 4 is 50.7 Å². The summed E-state index contributed by atoms with van der Waals surface area (Å²) < 4.78 is 42.8. The van der Waals surface area contributed by atoms with Crippen LogP contribution in [0.3, 0.4) is 0 Å². The minimum absolute atomic E-state index is 0.0355. The molecule has 0 bridgehead atoms. The molecule has 0 spiro atoms. The maximum atomic E-state index is 12.8. The van der Waals surface area contributed by atoms with Gasteiger partial charge in [0.25, 0.3) is 15.9 Å². The highest BCUT2D eigenvalue weighted by molar-refractivity contribution is 7.92. The van der Waals surface area contributed by atoms with Crippen molar-refractivity contribution in [2.75, 3.05) is 11.8 Å². The van der Waals surface area contributed by atoms with Gasteiger partial charge in [-0.25, -0.2) is 13.4 Å². The molecule has 0 atom stereocenters. The van der Waals surface area contributed by atoms with Gasteiger partial charge in [0, 0.05) is 5.39 Å². The number of nitrogens with zero attached hydrogens (tertiary/aromatic N) is 5. The van der Waals surface area contributed by atoms with E-state index < -0.39 is 10.0 Å². The number of pyridine rings is 1. The fourth-order valence-corrected chi connectivity index (χ4v) is 5.01. The molecule has 2 aromatic carbocycles. The standard InChI is InChI=1S/C20H15N7O3S3/c1-30-19-17(24-32-25-19)26-33(28,29)14-9-7-13(8-10-14)27-18(22-23-20(27)31)16-11-6-12-4-2-3-5-15(12)21-16/h2-11H,1H3,(H,23,31)(H,24,26). The summed E-state index contributed by atoms with van der Waals surface area (Å²) in [4.78, 5) is 4.72. The van der Waals surface area contributed by atoms with Crippen LogP contribution < -0.4 is 9.46 Å². The number of fused-ring (bicyclic) bond motifs is 1.